The van der Waals surface area contributed by atoms with Gasteiger partial charge in [-0.25, -0.2) is 4.79 Å². The van der Waals surface area contributed by atoms with E-state index in [1.54, 1.807) is 18.3 Å². The first-order valence-electron chi connectivity index (χ1n) is 15.5. The lowest BCUT2D eigenvalue weighted by Crippen LogP contribution is -2.57. The van der Waals surface area contributed by atoms with E-state index in [0.29, 0.717) is 24.9 Å². The van der Waals surface area contributed by atoms with E-state index in [2.05, 4.69) is 25.9 Å². The van der Waals surface area contributed by atoms with Gasteiger partial charge in [0.1, 0.15) is 23.9 Å². The molecule has 0 saturated carbocycles. The summed E-state index contributed by atoms with van der Waals surface area (Å²) in [6.45, 7) is 0.549. The summed E-state index contributed by atoms with van der Waals surface area (Å²) in [5.74, 6) is -3.33. The first kappa shape index (κ1) is 36.3. The molecule has 3 aromatic rings. The molecule has 0 spiro atoms. The lowest BCUT2D eigenvalue weighted by Gasteiger charge is -2.25. The van der Waals surface area contributed by atoms with E-state index in [-0.39, 0.29) is 50.4 Å². The Balaban J connectivity index is 1.74. The number of aliphatic imine (C=N–C) groups is 1. The van der Waals surface area contributed by atoms with Crippen LogP contribution in [0.2, 0.25) is 0 Å². The number of aromatic amines is 1. The standard InChI is InChI=1S/C32H45N9O6/c33-14-4-3-8-25(39-28(43)23(34)17-20-18-38-24-7-2-1-6-22(20)24)29(44)40-26(9-5-15-37-32(35)36)30(45)41-27(31(46)47)16-19-10-12-21(42)13-11-19/h1-2,6-7,10-13,18,23,25-27,38,42H,3-5,8-9,14-17,33-34H2,(H,39,43)(H,40,44)(H,41,45)(H,46,47)(H4,35,36,37). The minimum atomic E-state index is -1.33. The molecule has 0 aliphatic heterocycles. The number of aromatic nitrogens is 1. The number of carbonyl (C=O) groups excluding carboxylic acids is 3. The Morgan fingerprint density at radius 2 is 1.43 bits per heavy atom. The van der Waals surface area contributed by atoms with Crippen molar-refractivity contribution in [3.05, 3.63) is 65.9 Å². The van der Waals surface area contributed by atoms with Crippen molar-refractivity contribution in [2.45, 2.75) is 69.1 Å². The highest BCUT2D eigenvalue weighted by atomic mass is 16.4. The Morgan fingerprint density at radius 3 is 2.06 bits per heavy atom. The molecule has 1 heterocycles. The van der Waals surface area contributed by atoms with Crippen molar-refractivity contribution in [1.29, 1.82) is 0 Å². The summed E-state index contributed by atoms with van der Waals surface area (Å²) in [5, 5.41) is 28.2. The van der Waals surface area contributed by atoms with Gasteiger partial charge in [-0.2, -0.15) is 0 Å². The highest BCUT2D eigenvalue weighted by molar-refractivity contribution is 5.94. The van der Waals surface area contributed by atoms with Crippen LogP contribution in [0.25, 0.3) is 10.9 Å². The molecule has 0 bridgehead atoms. The molecule has 4 atom stereocenters. The average molecular weight is 652 g/mol. The molecule has 3 rings (SSSR count). The number of carboxylic acid groups (broad SMARTS) is 1. The number of nitrogens with zero attached hydrogens (tertiary/aromatic N) is 1. The Morgan fingerprint density at radius 1 is 0.809 bits per heavy atom. The summed E-state index contributed by atoms with van der Waals surface area (Å²) in [6.07, 6.45) is 3.65. The van der Waals surface area contributed by atoms with Crippen LogP contribution in [0.4, 0.5) is 0 Å². The Hall–Kier alpha value is -5.15. The summed E-state index contributed by atoms with van der Waals surface area (Å²) in [7, 11) is 0. The largest absolute Gasteiger partial charge is 0.508 e. The first-order valence-corrected chi connectivity index (χ1v) is 15.5. The molecule has 15 nitrogen and oxygen atoms in total. The number of para-hydroxylation sites is 1. The number of amides is 3. The van der Waals surface area contributed by atoms with Gasteiger partial charge in [0.05, 0.1) is 6.04 Å². The van der Waals surface area contributed by atoms with Gasteiger partial charge >= 0.3 is 5.97 Å². The number of hydrogen-bond donors (Lipinski definition) is 10. The zero-order valence-corrected chi connectivity index (χ0v) is 26.2. The molecule has 254 valence electrons. The van der Waals surface area contributed by atoms with E-state index < -0.39 is 47.9 Å². The number of unbranched alkanes of at least 4 members (excludes halogenated alkanes) is 1. The maximum Gasteiger partial charge on any atom is 0.326 e. The number of carboxylic acids is 1. The summed E-state index contributed by atoms with van der Waals surface area (Å²) < 4.78 is 0. The molecule has 3 amide bonds. The summed E-state index contributed by atoms with van der Waals surface area (Å²) in [4.78, 5) is 59.3. The summed E-state index contributed by atoms with van der Waals surface area (Å²) >= 11 is 0. The van der Waals surface area contributed by atoms with Crippen LogP contribution >= 0.6 is 0 Å². The van der Waals surface area contributed by atoms with E-state index in [9.17, 15) is 29.4 Å². The maximum atomic E-state index is 13.6. The van der Waals surface area contributed by atoms with Crippen LogP contribution in [0.15, 0.2) is 59.7 Å². The van der Waals surface area contributed by atoms with Gasteiger partial charge in [0.15, 0.2) is 5.96 Å². The lowest BCUT2D eigenvalue weighted by molar-refractivity contribution is -0.142. The third-order valence-electron chi connectivity index (χ3n) is 7.60. The molecule has 15 heteroatoms. The fourth-order valence-corrected chi connectivity index (χ4v) is 5.06. The Labute approximate surface area is 272 Å². The minimum Gasteiger partial charge on any atom is -0.508 e. The molecule has 4 unspecified atom stereocenters. The van der Waals surface area contributed by atoms with Gasteiger partial charge in [0.25, 0.3) is 0 Å². The van der Waals surface area contributed by atoms with Crippen molar-refractivity contribution in [2.75, 3.05) is 13.1 Å². The zero-order valence-electron chi connectivity index (χ0n) is 26.2. The minimum absolute atomic E-state index is 0.0141. The number of aliphatic carboxylic acids is 1. The van der Waals surface area contributed by atoms with Gasteiger partial charge in [-0.3, -0.25) is 19.4 Å². The van der Waals surface area contributed by atoms with Gasteiger partial charge in [-0.15, -0.1) is 0 Å². The fraction of sp³-hybridized carbons (Fsp3) is 0.406. The van der Waals surface area contributed by atoms with E-state index in [1.807, 2.05) is 24.3 Å². The van der Waals surface area contributed by atoms with Crippen molar-refractivity contribution >= 4 is 40.6 Å². The second-order valence-corrected chi connectivity index (χ2v) is 11.3. The molecule has 0 saturated heterocycles. The van der Waals surface area contributed by atoms with Crippen LogP contribution < -0.4 is 38.9 Å². The molecule has 0 aliphatic carbocycles. The molecule has 0 fully saturated rings. The van der Waals surface area contributed by atoms with Crippen LogP contribution in [0, 0.1) is 0 Å². The molecule has 1 aromatic heterocycles. The van der Waals surface area contributed by atoms with Crippen molar-refractivity contribution < 1.29 is 29.4 Å². The number of hydrogen-bond acceptors (Lipinski definition) is 8. The van der Waals surface area contributed by atoms with E-state index in [0.717, 1.165) is 16.5 Å². The smallest absolute Gasteiger partial charge is 0.326 e. The van der Waals surface area contributed by atoms with Crippen molar-refractivity contribution in [3.63, 3.8) is 0 Å². The third-order valence-corrected chi connectivity index (χ3v) is 7.60. The van der Waals surface area contributed by atoms with Crippen LogP contribution in [0.3, 0.4) is 0 Å². The number of aromatic hydroxyl groups is 1. The van der Waals surface area contributed by atoms with Gasteiger partial charge in [0.2, 0.25) is 17.7 Å². The molecular weight excluding hydrogens is 606 g/mol. The zero-order chi connectivity index (χ0) is 34.3. The van der Waals surface area contributed by atoms with E-state index >= 15 is 0 Å². The number of nitrogens with one attached hydrogen (secondary N) is 4. The van der Waals surface area contributed by atoms with Gasteiger partial charge in [-0.1, -0.05) is 30.3 Å². The Kier molecular flexibility index (Phi) is 14.0. The molecule has 2 aromatic carbocycles. The number of guanidine groups is 1. The second-order valence-electron chi connectivity index (χ2n) is 11.3. The number of nitrogens with two attached hydrogens (primary N) is 4. The highest BCUT2D eigenvalue weighted by Gasteiger charge is 2.30. The number of benzene rings is 2. The second kappa shape index (κ2) is 18.1. The van der Waals surface area contributed by atoms with E-state index in [1.165, 1.54) is 12.1 Å². The number of phenolic OH excluding ortho intramolecular Hbond substituents is 1. The normalized spacial score (nSPS) is 13.6. The van der Waals surface area contributed by atoms with Crippen molar-refractivity contribution in [2.24, 2.45) is 27.9 Å². The number of carbonyl (C=O) groups is 4. The van der Waals surface area contributed by atoms with Crippen LogP contribution in [-0.4, -0.2) is 82.1 Å². The number of phenols is 1. The molecule has 47 heavy (non-hydrogen) atoms. The van der Waals surface area contributed by atoms with Crippen LogP contribution in [-0.2, 0) is 32.0 Å². The SMILES string of the molecule is NCCCCC(NC(=O)C(N)Cc1c[nH]c2ccccc12)C(=O)NC(CCCN=C(N)N)C(=O)NC(Cc1ccc(O)cc1)C(=O)O. The lowest BCUT2D eigenvalue weighted by atomic mass is 10.0. The highest BCUT2D eigenvalue weighted by Crippen LogP contribution is 2.19. The van der Waals surface area contributed by atoms with Gasteiger partial charge < -0.3 is 54.1 Å². The van der Waals surface area contributed by atoms with E-state index in [4.69, 9.17) is 22.9 Å². The molecule has 14 N–H and O–H groups in total. The van der Waals surface area contributed by atoms with Gasteiger partial charge in [0, 0.05) is 30.1 Å². The van der Waals surface area contributed by atoms with Crippen molar-refractivity contribution in [1.82, 2.24) is 20.9 Å². The predicted molar refractivity (Wildman–Crippen MR) is 178 cm³/mol. The molecule has 0 aliphatic rings. The summed E-state index contributed by atoms with van der Waals surface area (Å²) in [5.41, 5.74) is 25.1. The first-order chi connectivity index (χ1) is 22.5. The number of rotatable bonds is 19. The van der Waals surface area contributed by atoms with Gasteiger partial charge in [-0.05, 0) is 74.4 Å². The monoisotopic (exact) mass is 651 g/mol. The fourth-order valence-electron chi connectivity index (χ4n) is 5.06. The third kappa shape index (κ3) is 11.6. The predicted octanol–water partition coefficient (Wildman–Crippen LogP) is -0.292. The van der Waals surface area contributed by atoms with Crippen LogP contribution in [0.1, 0.15) is 43.2 Å². The summed E-state index contributed by atoms with van der Waals surface area (Å²) in [6, 6.07) is 9.03. The quantitative estimate of drug-likeness (QED) is 0.0459. The molecule has 0 radical (unpaired) electrons. The van der Waals surface area contributed by atoms with Crippen LogP contribution in [0.5, 0.6) is 5.75 Å². The Bertz CT molecular complexity index is 1520. The molecular formula is C32H45N9O6. The topological polar surface area (TPSA) is 277 Å². The van der Waals surface area contributed by atoms with Crippen molar-refractivity contribution in [3.8, 4) is 5.75 Å². The number of fused-ring (bicyclic) bond motifs is 1. The maximum absolute atomic E-state index is 13.6. The average Bonchev–Trinajstić information content (AvgIpc) is 3.44. The number of H-pyrrole nitrogens is 1.